The molecule has 2 fully saturated rings. The first kappa shape index (κ1) is 13.1. The van der Waals surface area contributed by atoms with Crippen LogP contribution >= 0.6 is 0 Å². The minimum absolute atomic E-state index is 0.00362. The summed E-state index contributed by atoms with van der Waals surface area (Å²) in [5.74, 6) is 2.66. The van der Waals surface area contributed by atoms with Crippen molar-refractivity contribution < 1.29 is 8.42 Å². The van der Waals surface area contributed by atoms with E-state index >= 15 is 0 Å². The van der Waals surface area contributed by atoms with Crippen LogP contribution < -0.4 is 4.72 Å². The molecule has 0 aliphatic heterocycles. The molecule has 0 radical (unpaired) electrons. The molecule has 0 spiro atoms. The summed E-state index contributed by atoms with van der Waals surface area (Å²) in [6.45, 7) is 3.74. The molecule has 5 nitrogen and oxygen atoms in total. The zero-order chi connectivity index (χ0) is 13.6. The third-order valence-corrected chi connectivity index (χ3v) is 6.21. The topological polar surface area (TPSA) is 74.8 Å². The van der Waals surface area contributed by atoms with E-state index in [0.29, 0.717) is 17.7 Å². The van der Waals surface area contributed by atoms with Gasteiger partial charge in [-0.25, -0.2) is 18.1 Å². The van der Waals surface area contributed by atoms with E-state index in [1.54, 1.807) is 6.92 Å². The average Bonchev–Trinajstić information content (AvgIpc) is 3.02. The summed E-state index contributed by atoms with van der Waals surface area (Å²) < 4.78 is 27.3. The second-order valence-electron chi connectivity index (χ2n) is 6.08. The maximum Gasteiger partial charge on any atom is 0.257 e. The molecule has 2 bridgehead atoms. The number of hydrogen-bond donors (Lipinski definition) is 2. The quantitative estimate of drug-likeness (QED) is 0.885. The highest BCUT2D eigenvalue weighted by Crippen LogP contribution is 2.49. The summed E-state index contributed by atoms with van der Waals surface area (Å²) in [6, 6.07) is 0.00362. The van der Waals surface area contributed by atoms with Crippen LogP contribution in [0.15, 0.2) is 11.2 Å². The zero-order valence-corrected chi connectivity index (χ0v) is 12.2. The molecule has 0 aromatic carbocycles. The van der Waals surface area contributed by atoms with E-state index in [1.165, 1.54) is 31.9 Å². The zero-order valence-electron chi connectivity index (χ0n) is 11.4. The number of fused-ring (bicyclic) bond motifs is 2. The number of H-pyrrole nitrogens is 1. The van der Waals surface area contributed by atoms with Crippen molar-refractivity contribution in [1.82, 2.24) is 14.7 Å². The Bertz CT molecular complexity index is 566. The highest BCUT2D eigenvalue weighted by atomic mass is 32.2. The van der Waals surface area contributed by atoms with Gasteiger partial charge in [0.2, 0.25) is 0 Å². The smallest absolute Gasteiger partial charge is 0.257 e. The van der Waals surface area contributed by atoms with Gasteiger partial charge in [-0.2, -0.15) is 0 Å². The Hall–Kier alpha value is -0.880. The Kier molecular flexibility index (Phi) is 3.17. The van der Waals surface area contributed by atoms with E-state index in [-0.39, 0.29) is 11.1 Å². The SMILES string of the molecule is Cc1ncc(S(=O)(=O)NC(C)C2CC3CCC2C3)[nH]1. The minimum atomic E-state index is -3.46. The molecule has 2 saturated carbocycles. The number of imidazole rings is 1. The monoisotopic (exact) mass is 283 g/mol. The van der Waals surface area contributed by atoms with Gasteiger partial charge < -0.3 is 4.98 Å². The summed E-state index contributed by atoms with van der Waals surface area (Å²) in [7, 11) is -3.46. The summed E-state index contributed by atoms with van der Waals surface area (Å²) in [5.41, 5.74) is 0. The van der Waals surface area contributed by atoms with Crippen molar-refractivity contribution in [2.75, 3.05) is 0 Å². The van der Waals surface area contributed by atoms with Gasteiger partial charge in [-0.3, -0.25) is 0 Å². The molecule has 0 saturated heterocycles. The third kappa shape index (κ3) is 2.43. The lowest BCUT2D eigenvalue weighted by molar-refractivity contribution is 0.280. The van der Waals surface area contributed by atoms with E-state index in [2.05, 4.69) is 14.7 Å². The number of rotatable bonds is 4. The number of aromatic nitrogens is 2. The van der Waals surface area contributed by atoms with E-state index in [0.717, 1.165) is 5.92 Å². The molecule has 3 rings (SSSR count). The van der Waals surface area contributed by atoms with Crippen LogP contribution in [0.4, 0.5) is 0 Å². The summed E-state index contributed by atoms with van der Waals surface area (Å²) in [6.07, 6.45) is 6.45. The Labute approximate surface area is 114 Å². The first-order valence-electron chi connectivity index (χ1n) is 6.99. The molecule has 2 aliphatic carbocycles. The van der Waals surface area contributed by atoms with Crippen molar-refractivity contribution in [1.29, 1.82) is 0 Å². The number of sulfonamides is 1. The van der Waals surface area contributed by atoms with Gasteiger partial charge in [0.05, 0.1) is 6.20 Å². The maximum absolute atomic E-state index is 12.2. The molecule has 4 unspecified atom stereocenters. The van der Waals surface area contributed by atoms with E-state index < -0.39 is 10.0 Å². The van der Waals surface area contributed by atoms with E-state index in [9.17, 15) is 8.42 Å². The van der Waals surface area contributed by atoms with Crippen LogP contribution in [-0.4, -0.2) is 24.4 Å². The molecule has 1 aromatic rings. The van der Waals surface area contributed by atoms with Crippen LogP contribution in [0.1, 0.15) is 38.4 Å². The van der Waals surface area contributed by atoms with Gasteiger partial charge in [-0.05, 0) is 50.9 Å². The standard InChI is InChI=1S/C13H21N3O2S/c1-8(12-6-10-3-4-11(12)5-10)16-19(17,18)13-7-14-9(2)15-13/h7-8,10-12,16H,3-6H2,1-2H3,(H,14,15). The highest BCUT2D eigenvalue weighted by molar-refractivity contribution is 7.89. The lowest BCUT2D eigenvalue weighted by Gasteiger charge is -2.28. The molecule has 1 heterocycles. The Balaban J connectivity index is 1.71. The van der Waals surface area contributed by atoms with E-state index in [1.807, 2.05) is 6.92 Å². The van der Waals surface area contributed by atoms with Crippen molar-refractivity contribution >= 4 is 10.0 Å². The van der Waals surface area contributed by atoms with Gasteiger partial charge in [0.15, 0.2) is 5.03 Å². The van der Waals surface area contributed by atoms with Crippen LogP contribution in [0.25, 0.3) is 0 Å². The molecule has 19 heavy (non-hydrogen) atoms. The van der Waals surface area contributed by atoms with Gasteiger partial charge in [0, 0.05) is 6.04 Å². The van der Waals surface area contributed by atoms with Gasteiger partial charge >= 0.3 is 0 Å². The third-order valence-electron chi connectivity index (χ3n) is 4.75. The minimum Gasteiger partial charge on any atom is -0.332 e. The molecule has 0 amide bonds. The van der Waals surface area contributed by atoms with Crippen molar-refractivity contribution in [3.63, 3.8) is 0 Å². The number of aromatic amines is 1. The normalized spacial score (nSPS) is 31.8. The van der Waals surface area contributed by atoms with Crippen molar-refractivity contribution in [2.24, 2.45) is 17.8 Å². The highest BCUT2D eigenvalue weighted by Gasteiger charge is 2.42. The fraction of sp³-hybridized carbons (Fsp3) is 0.769. The number of nitrogens with one attached hydrogen (secondary N) is 2. The summed E-state index contributed by atoms with van der Waals surface area (Å²) in [4.78, 5) is 6.74. The second kappa shape index (κ2) is 4.59. The average molecular weight is 283 g/mol. The van der Waals surface area contributed by atoms with Crippen molar-refractivity contribution in [3.05, 3.63) is 12.0 Å². The maximum atomic E-state index is 12.2. The van der Waals surface area contributed by atoms with Gasteiger partial charge in [0.25, 0.3) is 10.0 Å². The fourth-order valence-corrected chi connectivity index (χ4v) is 5.10. The van der Waals surface area contributed by atoms with Gasteiger partial charge in [0.1, 0.15) is 5.82 Å². The Morgan fingerprint density at radius 1 is 1.42 bits per heavy atom. The number of nitrogens with zero attached hydrogens (tertiary/aromatic N) is 1. The molecular formula is C13H21N3O2S. The van der Waals surface area contributed by atoms with Crippen LogP contribution in [0.5, 0.6) is 0 Å². The van der Waals surface area contributed by atoms with E-state index in [4.69, 9.17) is 0 Å². The Morgan fingerprint density at radius 3 is 2.74 bits per heavy atom. The van der Waals surface area contributed by atoms with Crippen LogP contribution in [0.3, 0.4) is 0 Å². The van der Waals surface area contributed by atoms with Gasteiger partial charge in [-0.1, -0.05) is 6.42 Å². The predicted molar refractivity (Wildman–Crippen MR) is 72.0 cm³/mol. The second-order valence-corrected chi connectivity index (χ2v) is 7.76. The molecule has 1 aromatic heterocycles. The van der Waals surface area contributed by atoms with Crippen molar-refractivity contribution in [3.8, 4) is 0 Å². The summed E-state index contributed by atoms with van der Waals surface area (Å²) in [5, 5.41) is 0.167. The number of hydrogen-bond acceptors (Lipinski definition) is 3. The predicted octanol–water partition coefficient (Wildman–Crippen LogP) is 1.82. The van der Waals surface area contributed by atoms with Crippen LogP contribution in [0, 0.1) is 24.7 Å². The van der Waals surface area contributed by atoms with Crippen LogP contribution in [0.2, 0.25) is 0 Å². The Morgan fingerprint density at radius 2 is 2.21 bits per heavy atom. The largest absolute Gasteiger partial charge is 0.332 e. The first-order valence-corrected chi connectivity index (χ1v) is 8.48. The fourth-order valence-electron chi connectivity index (χ4n) is 3.84. The lowest BCUT2D eigenvalue weighted by Crippen LogP contribution is -2.40. The summed E-state index contributed by atoms with van der Waals surface area (Å²) >= 11 is 0. The number of aryl methyl sites for hydroxylation is 1. The van der Waals surface area contributed by atoms with Crippen LogP contribution in [-0.2, 0) is 10.0 Å². The van der Waals surface area contributed by atoms with Crippen molar-refractivity contribution in [2.45, 2.75) is 50.6 Å². The lowest BCUT2D eigenvalue weighted by atomic mass is 9.84. The molecular weight excluding hydrogens is 262 g/mol. The van der Waals surface area contributed by atoms with Gasteiger partial charge in [-0.15, -0.1) is 0 Å². The first-order chi connectivity index (χ1) is 8.95. The molecule has 6 heteroatoms. The molecule has 4 atom stereocenters. The molecule has 106 valence electrons. The molecule has 2 aliphatic rings. The molecule has 2 N–H and O–H groups in total.